The fourth-order valence-corrected chi connectivity index (χ4v) is 3.34. The topological polar surface area (TPSA) is 32.3 Å². The summed E-state index contributed by atoms with van der Waals surface area (Å²) in [6.45, 7) is 3.04. The predicted molar refractivity (Wildman–Crippen MR) is 106 cm³/mol. The highest BCUT2D eigenvalue weighted by atomic mass is 79.9. The smallest absolute Gasteiger partial charge is 0.244 e. The summed E-state index contributed by atoms with van der Waals surface area (Å²) in [5.41, 5.74) is 2.37. The second-order valence-electron chi connectivity index (χ2n) is 6.43. The molecule has 3 rings (SSSR count). The van der Waals surface area contributed by atoms with Crippen molar-refractivity contribution in [1.29, 1.82) is 0 Å². The van der Waals surface area contributed by atoms with E-state index in [4.69, 9.17) is 0 Å². The molecule has 0 spiro atoms. The van der Waals surface area contributed by atoms with Crippen molar-refractivity contribution in [2.45, 2.75) is 25.4 Å². The standard InChI is InChI=1S/C21H23BrN2O/c22-19-9-6-17(7-10-19)8-11-21(25)23-20-12-14-24(15-13-20)16-18-4-2-1-3-5-18/h1-11,20H,12-16H2,(H,23,25)/b11-8+. The van der Waals surface area contributed by atoms with E-state index >= 15 is 0 Å². The lowest BCUT2D eigenvalue weighted by Gasteiger charge is -2.32. The van der Waals surface area contributed by atoms with Crippen LogP contribution < -0.4 is 5.32 Å². The van der Waals surface area contributed by atoms with E-state index in [0.717, 1.165) is 42.5 Å². The molecule has 0 aromatic heterocycles. The van der Waals surface area contributed by atoms with Gasteiger partial charge in [-0.1, -0.05) is 58.4 Å². The fourth-order valence-electron chi connectivity index (χ4n) is 3.07. The first-order valence-corrected chi connectivity index (χ1v) is 9.49. The van der Waals surface area contributed by atoms with Crippen molar-refractivity contribution in [3.63, 3.8) is 0 Å². The van der Waals surface area contributed by atoms with Gasteiger partial charge in [-0.15, -0.1) is 0 Å². The van der Waals surface area contributed by atoms with Crippen molar-refractivity contribution in [3.05, 3.63) is 76.3 Å². The van der Waals surface area contributed by atoms with Crippen molar-refractivity contribution in [1.82, 2.24) is 10.2 Å². The van der Waals surface area contributed by atoms with Gasteiger partial charge >= 0.3 is 0 Å². The summed E-state index contributed by atoms with van der Waals surface area (Å²) in [5.74, 6) is -0.00979. The first-order valence-electron chi connectivity index (χ1n) is 8.69. The normalized spacial score (nSPS) is 16.2. The Morgan fingerprint density at radius 2 is 1.76 bits per heavy atom. The summed E-state index contributed by atoms with van der Waals surface area (Å²) in [5, 5.41) is 3.12. The van der Waals surface area contributed by atoms with Gasteiger partial charge in [-0.05, 0) is 42.2 Å². The largest absolute Gasteiger partial charge is 0.350 e. The van der Waals surface area contributed by atoms with Crippen molar-refractivity contribution < 1.29 is 4.79 Å². The van der Waals surface area contributed by atoms with E-state index in [1.807, 2.05) is 36.4 Å². The molecule has 0 radical (unpaired) electrons. The summed E-state index contributed by atoms with van der Waals surface area (Å²) in [7, 11) is 0. The van der Waals surface area contributed by atoms with Crippen LogP contribution in [0.5, 0.6) is 0 Å². The lowest BCUT2D eigenvalue weighted by molar-refractivity contribution is -0.117. The lowest BCUT2D eigenvalue weighted by Crippen LogP contribution is -2.43. The molecule has 1 N–H and O–H groups in total. The van der Waals surface area contributed by atoms with Crippen LogP contribution in [0.2, 0.25) is 0 Å². The first kappa shape index (κ1) is 17.9. The Morgan fingerprint density at radius 1 is 1.08 bits per heavy atom. The third kappa shape index (κ3) is 5.83. The minimum Gasteiger partial charge on any atom is -0.350 e. The van der Waals surface area contributed by atoms with Gasteiger partial charge in [0.25, 0.3) is 0 Å². The highest BCUT2D eigenvalue weighted by molar-refractivity contribution is 9.10. The summed E-state index contributed by atoms with van der Waals surface area (Å²) in [4.78, 5) is 14.6. The minimum atomic E-state index is -0.00979. The second kappa shape index (κ2) is 8.97. The summed E-state index contributed by atoms with van der Waals surface area (Å²) >= 11 is 3.41. The number of rotatable bonds is 5. The molecule has 1 fully saturated rings. The number of hydrogen-bond donors (Lipinski definition) is 1. The van der Waals surface area contributed by atoms with Crippen LogP contribution in [0.4, 0.5) is 0 Å². The van der Waals surface area contributed by atoms with Gasteiger partial charge in [0.1, 0.15) is 0 Å². The molecule has 0 aliphatic carbocycles. The van der Waals surface area contributed by atoms with Crippen LogP contribution in [0.1, 0.15) is 24.0 Å². The Balaban J connectivity index is 1.42. The summed E-state index contributed by atoms with van der Waals surface area (Å²) in [6, 6.07) is 18.7. The number of nitrogens with one attached hydrogen (secondary N) is 1. The van der Waals surface area contributed by atoms with E-state index in [-0.39, 0.29) is 11.9 Å². The molecule has 1 heterocycles. The van der Waals surface area contributed by atoms with Gasteiger partial charge < -0.3 is 5.32 Å². The molecule has 3 nitrogen and oxygen atoms in total. The van der Waals surface area contributed by atoms with Gasteiger partial charge in [0.05, 0.1) is 0 Å². The van der Waals surface area contributed by atoms with E-state index in [2.05, 4.69) is 50.4 Å². The predicted octanol–water partition coefficient (Wildman–Crippen LogP) is 4.24. The minimum absolute atomic E-state index is 0.00979. The lowest BCUT2D eigenvalue weighted by atomic mass is 10.0. The average Bonchev–Trinajstić information content (AvgIpc) is 2.64. The first-order chi connectivity index (χ1) is 12.2. The highest BCUT2D eigenvalue weighted by Crippen LogP contribution is 2.14. The number of nitrogens with zero attached hydrogens (tertiary/aromatic N) is 1. The maximum atomic E-state index is 12.1. The molecule has 0 unspecified atom stereocenters. The van der Waals surface area contributed by atoms with E-state index in [1.54, 1.807) is 6.08 Å². The molecule has 130 valence electrons. The fraction of sp³-hybridized carbons (Fsp3) is 0.286. The van der Waals surface area contributed by atoms with Gasteiger partial charge in [-0.2, -0.15) is 0 Å². The Morgan fingerprint density at radius 3 is 2.44 bits per heavy atom. The summed E-state index contributed by atoms with van der Waals surface area (Å²) in [6.07, 6.45) is 5.49. The van der Waals surface area contributed by atoms with Crippen LogP contribution in [-0.4, -0.2) is 29.9 Å². The van der Waals surface area contributed by atoms with Crippen LogP contribution >= 0.6 is 15.9 Å². The number of amides is 1. The van der Waals surface area contributed by atoms with Gasteiger partial charge in [0.2, 0.25) is 5.91 Å². The van der Waals surface area contributed by atoms with Crippen LogP contribution in [0.25, 0.3) is 6.08 Å². The molecule has 2 aromatic rings. The number of hydrogen-bond acceptors (Lipinski definition) is 2. The molecular weight excluding hydrogens is 376 g/mol. The second-order valence-corrected chi connectivity index (χ2v) is 7.35. The Bertz CT molecular complexity index is 704. The van der Waals surface area contributed by atoms with Crippen molar-refractivity contribution in [2.75, 3.05) is 13.1 Å². The van der Waals surface area contributed by atoms with Crippen LogP contribution in [0.15, 0.2) is 65.1 Å². The van der Waals surface area contributed by atoms with Crippen LogP contribution in [0, 0.1) is 0 Å². The zero-order chi connectivity index (χ0) is 17.5. The molecule has 25 heavy (non-hydrogen) atoms. The molecule has 4 heteroatoms. The quantitative estimate of drug-likeness (QED) is 0.763. The molecular formula is C21H23BrN2O. The average molecular weight is 399 g/mol. The molecule has 1 aliphatic heterocycles. The maximum absolute atomic E-state index is 12.1. The highest BCUT2D eigenvalue weighted by Gasteiger charge is 2.19. The van der Waals surface area contributed by atoms with Crippen LogP contribution in [0.3, 0.4) is 0 Å². The van der Waals surface area contributed by atoms with Gasteiger partial charge in [0.15, 0.2) is 0 Å². The molecule has 0 bridgehead atoms. The van der Waals surface area contributed by atoms with Crippen molar-refractivity contribution in [2.24, 2.45) is 0 Å². The molecule has 2 aromatic carbocycles. The maximum Gasteiger partial charge on any atom is 0.244 e. The zero-order valence-electron chi connectivity index (χ0n) is 14.2. The number of benzene rings is 2. The number of piperidine rings is 1. The van der Waals surface area contributed by atoms with Gasteiger partial charge in [-0.25, -0.2) is 0 Å². The molecule has 0 saturated carbocycles. The van der Waals surface area contributed by atoms with Crippen molar-refractivity contribution >= 4 is 27.9 Å². The number of likely N-dealkylation sites (tertiary alicyclic amines) is 1. The van der Waals surface area contributed by atoms with Gasteiger partial charge in [-0.3, -0.25) is 9.69 Å². The van der Waals surface area contributed by atoms with E-state index in [0.29, 0.717) is 0 Å². The SMILES string of the molecule is O=C(/C=C/c1ccc(Br)cc1)NC1CCN(Cc2ccccc2)CC1. The number of halogens is 1. The Kier molecular flexibility index (Phi) is 6.42. The van der Waals surface area contributed by atoms with E-state index in [1.165, 1.54) is 5.56 Å². The molecule has 1 aliphatic rings. The number of carbonyl (C=O) groups excluding carboxylic acids is 1. The van der Waals surface area contributed by atoms with E-state index < -0.39 is 0 Å². The monoisotopic (exact) mass is 398 g/mol. The Hall–Kier alpha value is -1.91. The molecule has 1 saturated heterocycles. The molecule has 0 atom stereocenters. The third-order valence-corrected chi connectivity index (χ3v) is 5.01. The molecule has 1 amide bonds. The summed E-state index contributed by atoms with van der Waals surface area (Å²) < 4.78 is 1.04. The Labute approximate surface area is 157 Å². The van der Waals surface area contributed by atoms with E-state index in [9.17, 15) is 4.79 Å². The zero-order valence-corrected chi connectivity index (χ0v) is 15.8. The van der Waals surface area contributed by atoms with Crippen LogP contribution in [-0.2, 0) is 11.3 Å². The number of carbonyl (C=O) groups is 1. The van der Waals surface area contributed by atoms with Crippen molar-refractivity contribution in [3.8, 4) is 0 Å². The third-order valence-electron chi connectivity index (χ3n) is 4.48. The van der Waals surface area contributed by atoms with Gasteiger partial charge in [0, 0.05) is 36.2 Å².